The summed E-state index contributed by atoms with van der Waals surface area (Å²) in [4.78, 5) is 21.8. The number of carbonyl (C=O) groups is 2. The van der Waals surface area contributed by atoms with Gasteiger partial charge in [0.05, 0.1) is 16.8 Å². The predicted octanol–water partition coefficient (Wildman–Crippen LogP) is 0.739. The van der Waals surface area contributed by atoms with E-state index in [2.05, 4.69) is 9.44 Å². The Labute approximate surface area is 115 Å². The Hall–Kier alpha value is -2.13. The van der Waals surface area contributed by atoms with Gasteiger partial charge in [-0.2, -0.15) is 13.1 Å². The van der Waals surface area contributed by atoms with Gasteiger partial charge in [-0.25, -0.2) is 9.59 Å². The van der Waals surface area contributed by atoms with Gasteiger partial charge in [0.25, 0.3) is 10.2 Å². The molecular weight excluding hydrogens is 288 g/mol. The molecular formula is C11H14N2O6S. The summed E-state index contributed by atoms with van der Waals surface area (Å²) in [6.45, 7) is 1.98. The summed E-state index contributed by atoms with van der Waals surface area (Å²) in [6.07, 6.45) is 0.580. The minimum Gasteiger partial charge on any atom is -0.478 e. The van der Waals surface area contributed by atoms with Gasteiger partial charge in [0, 0.05) is 6.54 Å². The second-order valence-electron chi connectivity index (χ2n) is 3.91. The van der Waals surface area contributed by atoms with Crippen LogP contribution < -0.4 is 9.44 Å². The van der Waals surface area contributed by atoms with Gasteiger partial charge >= 0.3 is 11.9 Å². The highest BCUT2D eigenvalue weighted by molar-refractivity contribution is 7.90. The first-order valence-corrected chi connectivity index (χ1v) is 7.12. The topological polar surface area (TPSA) is 133 Å². The molecule has 0 atom stereocenters. The lowest BCUT2D eigenvalue weighted by atomic mass is 10.1. The third-order valence-corrected chi connectivity index (χ3v) is 3.31. The van der Waals surface area contributed by atoms with Crippen LogP contribution in [0.15, 0.2) is 18.2 Å². The van der Waals surface area contributed by atoms with Crippen LogP contribution in [-0.2, 0) is 10.2 Å². The van der Waals surface area contributed by atoms with Crippen LogP contribution in [-0.4, -0.2) is 37.1 Å². The van der Waals surface area contributed by atoms with Crippen molar-refractivity contribution in [1.29, 1.82) is 0 Å². The van der Waals surface area contributed by atoms with Crippen molar-refractivity contribution in [3.05, 3.63) is 29.3 Å². The van der Waals surface area contributed by atoms with Gasteiger partial charge in [0.1, 0.15) is 0 Å². The lowest BCUT2D eigenvalue weighted by Crippen LogP contribution is -2.30. The van der Waals surface area contributed by atoms with Crippen LogP contribution in [0.3, 0.4) is 0 Å². The molecule has 0 aliphatic heterocycles. The van der Waals surface area contributed by atoms with Crippen LogP contribution >= 0.6 is 0 Å². The fourth-order valence-corrected chi connectivity index (χ4v) is 2.33. The zero-order chi connectivity index (χ0) is 15.3. The van der Waals surface area contributed by atoms with E-state index < -0.39 is 22.1 Å². The van der Waals surface area contributed by atoms with Crippen LogP contribution in [0.5, 0.6) is 0 Å². The molecule has 0 bridgehead atoms. The highest BCUT2D eigenvalue weighted by Gasteiger charge is 2.15. The van der Waals surface area contributed by atoms with Crippen LogP contribution in [0.2, 0.25) is 0 Å². The van der Waals surface area contributed by atoms with Crippen LogP contribution in [0.25, 0.3) is 0 Å². The van der Waals surface area contributed by atoms with Crippen molar-refractivity contribution in [2.24, 2.45) is 0 Å². The van der Waals surface area contributed by atoms with Crippen LogP contribution in [0, 0.1) is 0 Å². The summed E-state index contributed by atoms with van der Waals surface area (Å²) in [5.74, 6) is -2.70. The number of carboxylic acid groups (broad SMARTS) is 2. The van der Waals surface area contributed by atoms with Gasteiger partial charge in [-0.05, 0) is 24.6 Å². The summed E-state index contributed by atoms with van der Waals surface area (Å²) >= 11 is 0. The van der Waals surface area contributed by atoms with Crippen molar-refractivity contribution >= 4 is 27.8 Å². The number of nitrogens with one attached hydrogen (secondary N) is 2. The summed E-state index contributed by atoms with van der Waals surface area (Å²) in [7, 11) is -3.87. The van der Waals surface area contributed by atoms with Crippen LogP contribution in [0.4, 0.5) is 5.69 Å². The molecule has 0 fully saturated rings. The second kappa shape index (κ2) is 6.35. The minimum atomic E-state index is -3.87. The number of anilines is 1. The molecule has 110 valence electrons. The average molecular weight is 302 g/mol. The second-order valence-corrected chi connectivity index (χ2v) is 5.41. The largest absolute Gasteiger partial charge is 0.478 e. The maximum Gasteiger partial charge on any atom is 0.335 e. The molecule has 0 unspecified atom stereocenters. The molecule has 20 heavy (non-hydrogen) atoms. The van der Waals surface area contributed by atoms with E-state index in [1.54, 1.807) is 6.92 Å². The van der Waals surface area contributed by atoms with Gasteiger partial charge in [0.2, 0.25) is 0 Å². The van der Waals surface area contributed by atoms with Gasteiger partial charge in [-0.3, -0.25) is 4.72 Å². The standard InChI is InChI=1S/C11H14N2O6S/c1-2-3-12-20(18,19)13-9-5-7(10(14)15)4-8(6-9)11(16)17/h4-6,12-13H,2-3H2,1H3,(H,14,15)(H,16,17). The number of hydrogen-bond acceptors (Lipinski definition) is 4. The maximum atomic E-state index is 11.6. The highest BCUT2D eigenvalue weighted by Crippen LogP contribution is 2.16. The van der Waals surface area contributed by atoms with Crippen LogP contribution in [0.1, 0.15) is 34.1 Å². The van der Waals surface area contributed by atoms with Crippen molar-refractivity contribution in [3.8, 4) is 0 Å². The zero-order valence-electron chi connectivity index (χ0n) is 10.6. The summed E-state index contributed by atoms with van der Waals surface area (Å²) in [5, 5.41) is 17.7. The molecule has 9 heteroatoms. The van der Waals surface area contributed by atoms with E-state index in [1.165, 1.54) is 0 Å². The first-order valence-electron chi connectivity index (χ1n) is 5.64. The molecule has 0 saturated carbocycles. The molecule has 4 N–H and O–H groups in total. The van der Waals surface area contributed by atoms with Crippen molar-refractivity contribution in [3.63, 3.8) is 0 Å². The lowest BCUT2D eigenvalue weighted by molar-refractivity contribution is 0.0696. The Morgan fingerprint density at radius 1 is 1.10 bits per heavy atom. The Balaban J connectivity index is 3.11. The molecule has 0 spiro atoms. The minimum absolute atomic E-state index is 0.133. The van der Waals surface area contributed by atoms with Gasteiger partial charge in [-0.15, -0.1) is 0 Å². The zero-order valence-corrected chi connectivity index (χ0v) is 11.4. The first-order chi connectivity index (χ1) is 9.25. The molecule has 0 aliphatic rings. The van der Waals surface area contributed by atoms with Crippen molar-refractivity contribution in [2.75, 3.05) is 11.3 Å². The number of carboxylic acids is 2. The number of rotatable bonds is 7. The highest BCUT2D eigenvalue weighted by atomic mass is 32.2. The van der Waals surface area contributed by atoms with Gasteiger partial charge in [0.15, 0.2) is 0 Å². The molecule has 1 rings (SSSR count). The summed E-state index contributed by atoms with van der Waals surface area (Å²) in [6, 6.07) is 3.03. The Kier molecular flexibility index (Phi) is 5.06. The lowest BCUT2D eigenvalue weighted by Gasteiger charge is -2.10. The summed E-state index contributed by atoms with van der Waals surface area (Å²) < 4.78 is 27.5. The number of benzene rings is 1. The maximum absolute atomic E-state index is 11.6. The van der Waals surface area contributed by atoms with E-state index in [1.807, 2.05) is 0 Å². The van der Waals surface area contributed by atoms with E-state index in [9.17, 15) is 18.0 Å². The number of aromatic carboxylic acids is 2. The molecule has 0 saturated heterocycles. The monoisotopic (exact) mass is 302 g/mol. The Bertz CT molecular complexity index is 594. The third-order valence-electron chi connectivity index (χ3n) is 2.22. The van der Waals surface area contributed by atoms with E-state index in [4.69, 9.17) is 10.2 Å². The molecule has 0 aliphatic carbocycles. The third kappa shape index (κ3) is 4.52. The van der Waals surface area contributed by atoms with E-state index in [-0.39, 0.29) is 23.4 Å². The average Bonchev–Trinajstić information content (AvgIpc) is 2.35. The van der Waals surface area contributed by atoms with Crippen molar-refractivity contribution < 1.29 is 28.2 Å². The fourth-order valence-electron chi connectivity index (χ4n) is 1.36. The molecule has 1 aromatic carbocycles. The molecule has 0 amide bonds. The van der Waals surface area contributed by atoms with E-state index in [0.29, 0.717) is 6.42 Å². The van der Waals surface area contributed by atoms with Crippen molar-refractivity contribution in [2.45, 2.75) is 13.3 Å². The Morgan fingerprint density at radius 2 is 1.60 bits per heavy atom. The smallest absolute Gasteiger partial charge is 0.335 e. The quantitative estimate of drug-likeness (QED) is 0.587. The predicted molar refractivity (Wildman–Crippen MR) is 71.2 cm³/mol. The number of hydrogen-bond donors (Lipinski definition) is 4. The normalized spacial score (nSPS) is 11.1. The first kappa shape index (κ1) is 15.9. The van der Waals surface area contributed by atoms with Gasteiger partial charge in [-0.1, -0.05) is 6.92 Å². The molecule has 0 radical (unpaired) electrons. The SMILES string of the molecule is CCCNS(=O)(=O)Nc1cc(C(=O)O)cc(C(=O)O)c1. The molecule has 0 aromatic heterocycles. The van der Waals surface area contributed by atoms with Crippen molar-refractivity contribution in [1.82, 2.24) is 4.72 Å². The van der Waals surface area contributed by atoms with Gasteiger partial charge < -0.3 is 10.2 Å². The Morgan fingerprint density at radius 3 is 2.00 bits per heavy atom. The van der Waals surface area contributed by atoms with E-state index in [0.717, 1.165) is 18.2 Å². The summed E-state index contributed by atoms with van der Waals surface area (Å²) in [5.41, 5.74) is -0.776. The fraction of sp³-hybridized carbons (Fsp3) is 0.273. The van der Waals surface area contributed by atoms with E-state index >= 15 is 0 Å². The molecule has 1 aromatic rings. The molecule has 8 nitrogen and oxygen atoms in total. The molecule has 0 heterocycles.